The van der Waals surface area contributed by atoms with Gasteiger partial charge in [-0.2, -0.15) is 8.42 Å². The van der Waals surface area contributed by atoms with E-state index >= 15 is 0 Å². The Morgan fingerprint density at radius 1 is 1.41 bits per heavy atom. The number of hydrogen-bond donors (Lipinski definition) is 1. The second-order valence-electron chi connectivity index (χ2n) is 5.56. The standard InChI is InChI=1S/C14H16FNO5S/c1-8-3-9(2)13(11(4-8)14(18)19)16-6-10(5-12(16)17)7-22(15,20)21/h3-4,10H,5-7H2,1-2H3,(H,18,19). The molecule has 120 valence electrons. The molecule has 1 unspecified atom stereocenters. The Kier molecular flexibility index (Phi) is 4.23. The van der Waals surface area contributed by atoms with Crippen LogP contribution in [0.15, 0.2) is 12.1 Å². The maximum atomic E-state index is 12.8. The predicted molar refractivity (Wildman–Crippen MR) is 78.2 cm³/mol. The number of anilines is 1. The first-order valence-electron chi connectivity index (χ1n) is 6.65. The topological polar surface area (TPSA) is 91.8 Å². The highest BCUT2D eigenvalue weighted by atomic mass is 32.3. The summed E-state index contributed by atoms with van der Waals surface area (Å²) in [6.45, 7) is 3.42. The van der Waals surface area contributed by atoms with Crippen LogP contribution in [-0.4, -0.2) is 37.7 Å². The van der Waals surface area contributed by atoms with Gasteiger partial charge in [-0.05, 0) is 31.0 Å². The van der Waals surface area contributed by atoms with Gasteiger partial charge in [0, 0.05) is 18.9 Å². The normalized spacial score (nSPS) is 18.8. The predicted octanol–water partition coefficient (Wildman–Crippen LogP) is 1.65. The third kappa shape index (κ3) is 3.44. The van der Waals surface area contributed by atoms with Crippen LogP contribution in [0.2, 0.25) is 0 Å². The third-order valence-electron chi connectivity index (χ3n) is 3.59. The van der Waals surface area contributed by atoms with E-state index in [0.717, 1.165) is 5.56 Å². The zero-order valence-corrected chi connectivity index (χ0v) is 13.0. The Labute approximate surface area is 127 Å². The number of rotatable bonds is 4. The van der Waals surface area contributed by atoms with E-state index in [4.69, 9.17) is 0 Å². The second kappa shape index (κ2) is 5.68. The fourth-order valence-corrected chi connectivity index (χ4v) is 3.66. The summed E-state index contributed by atoms with van der Waals surface area (Å²) < 4.78 is 34.3. The molecule has 0 aromatic heterocycles. The molecule has 1 aliphatic rings. The summed E-state index contributed by atoms with van der Waals surface area (Å²) in [4.78, 5) is 24.7. The Morgan fingerprint density at radius 2 is 2.05 bits per heavy atom. The van der Waals surface area contributed by atoms with Gasteiger partial charge in [0.2, 0.25) is 5.91 Å². The summed E-state index contributed by atoms with van der Waals surface area (Å²) in [5, 5.41) is 9.32. The number of hydrogen-bond acceptors (Lipinski definition) is 4. The van der Waals surface area contributed by atoms with E-state index in [1.54, 1.807) is 19.9 Å². The fourth-order valence-electron chi connectivity index (χ4n) is 2.87. The molecule has 1 heterocycles. The van der Waals surface area contributed by atoms with Crippen molar-refractivity contribution in [3.8, 4) is 0 Å². The van der Waals surface area contributed by atoms with Gasteiger partial charge in [-0.15, -0.1) is 3.89 Å². The van der Waals surface area contributed by atoms with E-state index in [1.807, 2.05) is 0 Å². The molecule has 1 aromatic carbocycles. The summed E-state index contributed by atoms with van der Waals surface area (Å²) in [6, 6.07) is 3.20. The van der Waals surface area contributed by atoms with E-state index in [9.17, 15) is 27.0 Å². The van der Waals surface area contributed by atoms with Crippen LogP contribution in [-0.2, 0) is 15.0 Å². The molecule has 0 radical (unpaired) electrons. The van der Waals surface area contributed by atoms with Crippen LogP contribution in [0.1, 0.15) is 27.9 Å². The van der Waals surface area contributed by atoms with Gasteiger partial charge in [0.15, 0.2) is 0 Å². The van der Waals surface area contributed by atoms with Gasteiger partial charge in [0.05, 0.1) is 17.0 Å². The number of carbonyl (C=O) groups excluding carboxylic acids is 1. The smallest absolute Gasteiger partial charge is 0.337 e. The molecule has 1 aromatic rings. The highest BCUT2D eigenvalue weighted by molar-refractivity contribution is 7.86. The molecular formula is C14H16FNO5S. The summed E-state index contributed by atoms with van der Waals surface area (Å²) in [5.74, 6) is -2.98. The van der Waals surface area contributed by atoms with E-state index in [0.29, 0.717) is 5.56 Å². The van der Waals surface area contributed by atoms with Crippen molar-refractivity contribution in [1.82, 2.24) is 0 Å². The van der Waals surface area contributed by atoms with Gasteiger partial charge in [0.1, 0.15) is 0 Å². The van der Waals surface area contributed by atoms with E-state index < -0.39 is 33.8 Å². The zero-order valence-electron chi connectivity index (χ0n) is 12.2. The Balaban J connectivity index is 2.40. The van der Waals surface area contributed by atoms with Crippen molar-refractivity contribution in [1.29, 1.82) is 0 Å². The largest absolute Gasteiger partial charge is 0.478 e. The average Bonchev–Trinajstić information content (AvgIpc) is 2.66. The van der Waals surface area contributed by atoms with Gasteiger partial charge in [0.25, 0.3) is 0 Å². The van der Waals surface area contributed by atoms with Crippen molar-refractivity contribution in [2.24, 2.45) is 5.92 Å². The zero-order chi connectivity index (χ0) is 16.7. The molecule has 0 spiro atoms. The molecule has 6 nitrogen and oxygen atoms in total. The summed E-state index contributed by atoms with van der Waals surface area (Å²) in [6.07, 6.45) is -0.116. The first-order valence-corrected chi connectivity index (χ1v) is 8.21. The molecule has 1 fully saturated rings. The van der Waals surface area contributed by atoms with Crippen LogP contribution in [0.4, 0.5) is 9.57 Å². The highest BCUT2D eigenvalue weighted by Gasteiger charge is 2.36. The number of aromatic carboxylic acids is 1. The lowest BCUT2D eigenvalue weighted by Gasteiger charge is -2.22. The van der Waals surface area contributed by atoms with Crippen molar-refractivity contribution < 1.29 is 27.0 Å². The SMILES string of the molecule is Cc1cc(C)c(N2CC(CS(=O)(=O)F)CC2=O)c(C(=O)O)c1. The van der Waals surface area contributed by atoms with Gasteiger partial charge >= 0.3 is 16.2 Å². The number of halogens is 1. The molecule has 1 aliphatic heterocycles. The van der Waals surface area contributed by atoms with Gasteiger partial charge in [-0.25, -0.2) is 4.79 Å². The lowest BCUT2D eigenvalue weighted by atomic mass is 10.0. The summed E-state index contributed by atoms with van der Waals surface area (Å²) in [5.41, 5.74) is 1.58. The molecule has 0 saturated carbocycles. The molecule has 8 heteroatoms. The van der Waals surface area contributed by atoms with E-state index in [-0.39, 0.29) is 24.2 Å². The number of benzene rings is 1. The van der Waals surface area contributed by atoms with Crippen LogP contribution in [0.3, 0.4) is 0 Å². The van der Waals surface area contributed by atoms with E-state index in [1.165, 1.54) is 11.0 Å². The van der Waals surface area contributed by atoms with Gasteiger partial charge in [-0.1, -0.05) is 6.07 Å². The van der Waals surface area contributed by atoms with Crippen LogP contribution in [0.25, 0.3) is 0 Å². The molecule has 0 aliphatic carbocycles. The van der Waals surface area contributed by atoms with Gasteiger partial charge in [-0.3, -0.25) is 4.79 Å². The van der Waals surface area contributed by atoms with Crippen LogP contribution < -0.4 is 4.90 Å². The molecular weight excluding hydrogens is 313 g/mol. The number of amides is 1. The monoisotopic (exact) mass is 329 g/mol. The minimum absolute atomic E-state index is 0.00777. The number of carbonyl (C=O) groups is 2. The second-order valence-corrected chi connectivity index (χ2v) is 6.97. The average molecular weight is 329 g/mol. The van der Waals surface area contributed by atoms with Gasteiger partial charge < -0.3 is 10.0 Å². The summed E-state index contributed by atoms with van der Waals surface area (Å²) >= 11 is 0. The minimum atomic E-state index is -4.68. The van der Waals surface area contributed by atoms with Crippen molar-refractivity contribution >= 4 is 27.8 Å². The quantitative estimate of drug-likeness (QED) is 0.848. The fraction of sp³-hybridized carbons (Fsp3) is 0.429. The van der Waals surface area contributed by atoms with Crippen LogP contribution in [0.5, 0.6) is 0 Å². The van der Waals surface area contributed by atoms with Crippen molar-refractivity contribution in [2.75, 3.05) is 17.2 Å². The number of carboxylic acid groups (broad SMARTS) is 1. The molecule has 1 amide bonds. The molecule has 1 atom stereocenters. The molecule has 0 bridgehead atoms. The van der Waals surface area contributed by atoms with Crippen molar-refractivity contribution in [3.05, 3.63) is 28.8 Å². The molecule has 1 N–H and O–H groups in total. The molecule has 22 heavy (non-hydrogen) atoms. The summed E-state index contributed by atoms with van der Waals surface area (Å²) in [7, 11) is -4.68. The lowest BCUT2D eigenvalue weighted by Crippen LogP contribution is -2.28. The first-order chi connectivity index (χ1) is 10.1. The lowest BCUT2D eigenvalue weighted by molar-refractivity contribution is -0.117. The molecule has 1 saturated heterocycles. The van der Waals surface area contributed by atoms with Crippen molar-refractivity contribution in [2.45, 2.75) is 20.3 Å². The van der Waals surface area contributed by atoms with Crippen LogP contribution in [0, 0.1) is 19.8 Å². The van der Waals surface area contributed by atoms with Crippen LogP contribution >= 0.6 is 0 Å². The maximum absolute atomic E-state index is 12.8. The number of aryl methyl sites for hydroxylation is 2. The minimum Gasteiger partial charge on any atom is -0.478 e. The Morgan fingerprint density at radius 3 is 2.59 bits per heavy atom. The molecule has 2 rings (SSSR count). The number of carboxylic acids is 1. The number of nitrogens with zero attached hydrogens (tertiary/aromatic N) is 1. The highest BCUT2D eigenvalue weighted by Crippen LogP contribution is 2.32. The first kappa shape index (κ1) is 16.4. The Bertz CT molecular complexity index is 744. The van der Waals surface area contributed by atoms with E-state index in [2.05, 4.69) is 0 Å². The van der Waals surface area contributed by atoms with Crippen molar-refractivity contribution in [3.63, 3.8) is 0 Å². The Hall–Kier alpha value is -1.96. The maximum Gasteiger partial charge on any atom is 0.337 e. The third-order valence-corrected chi connectivity index (χ3v) is 4.45.